The van der Waals surface area contributed by atoms with Crippen LogP contribution in [0.5, 0.6) is 0 Å². The van der Waals surface area contributed by atoms with E-state index in [9.17, 15) is 17.6 Å². The van der Waals surface area contributed by atoms with Gasteiger partial charge in [0.2, 0.25) is 10.0 Å². The minimum absolute atomic E-state index is 0.0488. The van der Waals surface area contributed by atoms with Crippen molar-refractivity contribution in [1.29, 1.82) is 0 Å². The van der Waals surface area contributed by atoms with Crippen molar-refractivity contribution >= 4 is 16.0 Å². The summed E-state index contributed by atoms with van der Waals surface area (Å²) in [4.78, 5) is 11.7. The summed E-state index contributed by atoms with van der Waals surface area (Å²) < 4.78 is 44.7. The lowest BCUT2D eigenvalue weighted by Gasteiger charge is -2.34. The molecule has 2 rings (SSSR count). The van der Waals surface area contributed by atoms with E-state index in [1.165, 1.54) is 23.5 Å². The van der Waals surface area contributed by atoms with Crippen molar-refractivity contribution in [3.05, 3.63) is 29.6 Å². The van der Waals surface area contributed by atoms with Gasteiger partial charge in [0.25, 0.3) is 0 Å². The normalized spacial score (nSPS) is 21.1. The van der Waals surface area contributed by atoms with Crippen molar-refractivity contribution in [2.75, 3.05) is 7.11 Å². The van der Waals surface area contributed by atoms with E-state index in [4.69, 9.17) is 0 Å². The number of esters is 1. The average Bonchev–Trinajstić information content (AvgIpc) is 2.56. The minimum atomic E-state index is -3.76. The van der Waals surface area contributed by atoms with Gasteiger partial charge in [0.1, 0.15) is 5.82 Å². The second-order valence-corrected chi connectivity index (χ2v) is 7.73. The van der Waals surface area contributed by atoms with Crippen molar-refractivity contribution in [3.8, 4) is 0 Å². The molecular weight excluding hydrogens is 297 g/mol. The molecule has 7 heteroatoms. The van der Waals surface area contributed by atoms with Crippen LogP contribution in [-0.2, 0) is 19.6 Å². The molecule has 0 fully saturated rings. The lowest BCUT2D eigenvalue weighted by atomic mass is 9.99. The fraction of sp³-hybridized carbons (Fsp3) is 0.500. The summed E-state index contributed by atoms with van der Waals surface area (Å²) >= 11 is 0. The smallest absolute Gasteiger partial charge is 0.307 e. The highest BCUT2D eigenvalue weighted by molar-refractivity contribution is 7.89. The van der Waals surface area contributed by atoms with Crippen LogP contribution >= 0.6 is 0 Å². The highest BCUT2D eigenvalue weighted by Crippen LogP contribution is 2.45. The molecule has 1 aromatic rings. The van der Waals surface area contributed by atoms with Crippen LogP contribution in [0.25, 0.3) is 0 Å². The first-order valence-electron chi connectivity index (χ1n) is 6.50. The molecule has 1 aliphatic heterocycles. The summed E-state index contributed by atoms with van der Waals surface area (Å²) in [5.74, 6) is -1.07. The zero-order chi connectivity index (χ0) is 16.0. The molecular formula is C14H18FNO4S. The Morgan fingerprint density at radius 3 is 2.52 bits per heavy atom. The third-order valence-electron chi connectivity index (χ3n) is 3.40. The van der Waals surface area contributed by atoms with Crippen LogP contribution in [0.3, 0.4) is 0 Å². The van der Waals surface area contributed by atoms with Gasteiger partial charge in [-0.3, -0.25) is 4.79 Å². The minimum Gasteiger partial charge on any atom is -0.469 e. The number of carbonyl (C=O) groups excluding carboxylic acids is 1. The molecule has 21 heavy (non-hydrogen) atoms. The van der Waals surface area contributed by atoms with Crippen LogP contribution in [0, 0.1) is 5.82 Å². The number of hydrogen-bond acceptors (Lipinski definition) is 4. The molecule has 0 amide bonds. The number of sulfonamides is 1. The molecule has 0 spiro atoms. The predicted octanol–water partition coefficient (Wildman–Crippen LogP) is 2.23. The van der Waals surface area contributed by atoms with Gasteiger partial charge >= 0.3 is 5.97 Å². The average molecular weight is 315 g/mol. The van der Waals surface area contributed by atoms with Gasteiger partial charge in [-0.05, 0) is 44.5 Å². The van der Waals surface area contributed by atoms with E-state index in [1.54, 1.807) is 20.8 Å². The summed E-state index contributed by atoms with van der Waals surface area (Å²) in [6, 6.07) is 2.77. The molecule has 1 aliphatic rings. The van der Waals surface area contributed by atoms with Gasteiger partial charge in [-0.15, -0.1) is 0 Å². The molecule has 0 saturated carbocycles. The number of hydrogen-bond donors (Lipinski definition) is 0. The van der Waals surface area contributed by atoms with E-state index >= 15 is 0 Å². The number of ether oxygens (including phenoxy) is 1. The Morgan fingerprint density at radius 2 is 2.00 bits per heavy atom. The largest absolute Gasteiger partial charge is 0.469 e. The van der Waals surface area contributed by atoms with E-state index in [2.05, 4.69) is 4.74 Å². The standard InChI is InChI=1S/C14H18FNO4S/c1-14(2,3)16-11(8-13(17)20-4)10-7-9(15)5-6-12(10)21(16,18)19/h5-7,11H,8H2,1-4H3/t11-/m0/s1. The third-order valence-corrected chi connectivity index (χ3v) is 5.65. The number of carbonyl (C=O) groups is 1. The number of rotatable bonds is 2. The van der Waals surface area contributed by atoms with Crippen molar-refractivity contribution in [1.82, 2.24) is 4.31 Å². The number of methoxy groups -OCH3 is 1. The Bertz CT molecular complexity index is 679. The zero-order valence-electron chi connectivity index (χ0n) is 12.4. The lowest BCUT2D eigenvalue weighted by molar-refractivity contribution is -0.141. The lowest BCUT2D eigenvalue weighted by Crippen LogP contribution is -2.44. The molecule has 5 nitrogen and oxygen atoms in total. The third kappa shape index (κ3) is 2.67. The number of nitrogens with zero attached hydrogens (tertiary/aromatic N) is 1. The summed E-state index contributed by atoms with van der Waals surface area (Å²) in [5.41, 5.74) is -0.442. The van der Waals surface area contributed by atoms with Crippen molar-refractivity contribution < 1.29 is 22.3 Å². The highest BCUT2D eigenvalue weighted by atomic mass is 32.2. The number of benzene rings is 1. The molecule has 0 radical (unpaired) electrons. The number of halogens is 1. The van der Waals surface area contributed by atoms with Crippen molar-refractivity contribution in [2.24, 2.45) is 0 Å². The highest BCUT2D eigenvalue weighted by Gasteiger charge is 2.48. The molecule has 1 heterocycles. The van der Waals surface area contributed by atoms with Crippen LogP contribution in [0.1, 0.15) is 38.8 Å². The maximum Gasteiger partial charge on any atom is 0.307 e. The number of fused-ring (bicyclic) bond motifs is 1. The Hall–Kier alpha value is -1.47. The molecule has 116 valence electrons. The van der Waals surface area contributed by atoms with Crippen LogP contribution in [0.2, 0.25) is 0 Å². The van der Waals surface area contributed by atoms with Crippen molar-refractivity contribution in [3.63, 3.8) is 0 Å². The second-order valence-electron chi connectivity index (χ2n) is 5.95. The topological polar surface area (TPSA) is 63.7 Å². The Kier molecular flexibility index (Phi) is 3.84. The second kappa shape index (κ2) is 5.06. The van der Waals surface area contributed by atoms with Crippen LogP contribution in [0.4, 0.5) is 4.39 Å². The van der Waals surface area contributed by atoms with Gasteiger partial charge in [0, 0.05) is 5.54 Å². The molecule has 1 atom stereocenters. The van der Waals surface area contributed by atoms with Crippen LogP contribution < -0.4 is 0 Å². The Balaban J connectivity index is 2.64. The van der Waals surface area contributed by atoms with Gasteiger partial charge in [-0.1, -0.05) is 0 Å². The molecule has 0 N–H and O–H groups in total. The summed E-state index contributed by atoms with van der Waals surface area (Å²) in [6.07, 6.45) is -0.149. The quantitative estimate of drug-likeness (QED) is 0.785. The van der Waals surface area contributed by atoms with E-state index in [0.29, 0.717) is 5.56 Å². The summed E-state index contributed by atoms with van der Waals surface area (Å²) in [6.45, 7) is 5.20. The maximum absolute atomic E-state index is 13.5. The Labute approximate surface area is 123 Å². The fourth-order valence-electron chi connectivity index (χ4n) is 2.68. The first-order valence-corrected chi connectivity index (χ1v) is 7.94. The molecule has 1 aromatic carbocycles. The zero-order valence-corrected chi connectivity index (χ0v) is 13.2. The molecule has 0 unspecified atom stereocenters. The maximum atomic E-state index is 13.5. The summed E-state index contributed by atoms with van der Waals surface area (Å²) in [7, 11) is -2.53. The summed E-state index contributed by atoms with van der Waals surface area (Å²) in [5, 5.41) is 0. The molecule has 0 bridgehead atoms. The molecule has 0 saturated heterocycles. The SMILES string of the molecule is COC(=O)C[C@H]1c2cc(F)ccc2S(=O)(=O)N1C(C)(C)C. The molecule has 0 aromatic heterocycles. The van der Waals surface area contributed by atoms with Gasteiger partial charge < -0.3 is 4.74 Å². The van der Waals surface area contributed by atoms with E-state index < -0.39 is 33.4 Å². The van der Waals surface area contributed by atoms with E-state index in [-0.39, 0.29) is 11.3 Å². The Morgan fingerprint density at radius 1 is 1.38 bits per heavy atom. The molecule has 0 aliphatic carbocycles. The van der Waals surface area contributed by atoms with Gasteiger partial charge in [-0.25, -0.2) is 12.8 Å². The fourth-order valence-corrected chi connectivity index (χ4v) is 4.87. The first kappa shape index (κ1) is 15.9. The predicted molar refractivity (Wildman–Crippen MR) is 74.6 cm³/mol. The van der Waals surface area contributed by atoms with Gasteiger partial charge in [0.05, 0.1) is 24.5 Å². The van der Waals surface area contributed by atoms with Crippen molar-refractivity contribution in [2.45, 2.75) is 43.7 Å². The van der Waals surface area contributed by atoms with Crippen LogP contribution in [0.15, 0.2) is 23.1 Å². The monoisotopic (exact) mass is 315 g/mol. The first-order chi connectivity index (χ1) is 9.59. The van der Waals surface area contributed by atoms with E-state index in [0.717, 1.165) is 6.07 Å². The van der Waals surface area contributed by atoms with Gasteiger partial charge in [-0.2, -0.15) is 4.31 Å². The van der Waals surface area contributed by atoms with E-state index in [1.807, 2.05) is 0 Å². The van der Waals surface area contributed by atoms with Crippen LogP contribution in [-0.4, -0.2) is 31.3 Å². The van der Waals surface area contributed by atoms with Gasteiger partial charge in [0.15, 0.2) is 0 Å².